The maximum atomic E-state index is 11.9. The molecule has 0 aliphatic heterocycles. The third-order valence-corrected chi connectivity index (χ3v) is 3.29. The van der Waals surface area contributed by atoms with Gasteiger partial charge in [0.2, 0.25) is 0 Å². The number of aliphatic carboxylic acids is 1. The van der Waals surface area contributed by atoms with Crippen LogP contribution < -0.4 is 44.7 Å². The van der Waals surface area contributed by atoms with Crippen LogP contribution in [-0.4, -0.2) is 30.6 Å². The summed E-state index contributed by atoms with van der Waals surface area (Å²) in [7, 11) is 1.49. The van der Waals surface area contributed by atoms with E-state index in [-0.39, 0.29) is 53.2 Å². The first-order valence-corrected chi connectivity index (χ1v) is 7.39. The van der Waals surface area contributed by atoms with Crippen LogP contribution in [0.25, 0.3) is 0 Å². The summed E-state index contributed by atoms with van der Waals surface area (Å²) in [6.45, 7) is 0.510. The molecule has 0 aliphatic rings. The van der Waals surface area contributed by atoms with Crippen molar-refractivity contribution in [3.8, 4) is 11.5 Å². The number of nitrogens with one attached hydrogen (secondary N) is 1. The second-order valence-electron chi connectivity index (χ2n) is 5.03. The first kappa shape index (κ1) is 21.8. The van der Waals surface area contributed by atoms with Crippen LogP contribution in [0.3, 0.4) is 0 Å². The number of carboxylic acid groups (broad SMARTS) is 1. The Morgan fingerprint density at radius 3 is 2.48 bits per heavy atom. The molecule has 6 nitrogen and oxygen atoms in total. The van der Waals surface area contributed by atoms with Crippen molar-refractivity contribution in [3.05, 3.63) is 23.8 Å². The van der Waals surface area contributed by atoms with Crippen molar-refractivity contribution in [3.63, 3.8) is 0 Å². The Kier molecular flexibility index (Phi) is 11.6. The van der Waals surface area contributed by atoms with E-state index in [9.17, 15) is 19.8 Å². The number of phenols is 1. The number of amides is 1. The number of carboxylic acids is 1. The van der Waals surface area contributed by atoms with Crippen LogP contribution in [0.2, 0.25) is 0 Å². The normalized spacial score (nSPS) is 9.78. The molecule has 0 heterocycles. The molecule has 1 aromatic carbocycles. The largest absolute Gasteiger partial charge is 1.00 e. The minimum absolute atomic E-state index is 0. The molecule has 0 aliphatic carbocycles. The minimum atomic E-state index is -1.01. The number of unbranched alkanes of at least 4 members (excludes halogenated alkanes) is 4. The van der Waals surface area contributed by atoms with Crippen molar-refractivity contribution < 1.29 is 54.1 Å². The van der Waals surface area contributed by atoms with E-state index in [4.69, 9.17) is 4.74 Å². The van der Waals surface area contributed by atoms with Crippen LogP contribution in [0.1, 0.15) is 48.9 Å². The molecule has 0 saturated heterocycles. The number of hydrogen-bond acceptors (Lipinski definition) is 5. The summed E-state index contributed by atoms with van der Waals surface area (Å²) in [5.74, 6) is -0.921. The SMILES string of the molecule is COc1ccc(O)c(C(=O)NCCCCCCCC(=O)[O-])c1.[Na+]. The van der Waals surface area contributed by atoms with E-state index in [1.807, 2.05) is 0 Å². The fourth-order valence-electron chi connectivity index (χ4n) is 2.05. The molecule has 2 N–H and O–H groups in total. The molecule has 0 unspecified atom stereocenters. The van der Waals surface area contributed by atoms with E-state index in [1.165, 1.54) is 19.2 Å². The Morgan fingerprint density at radius 1 is 1.17 bits per heavy atom. The average Bonchev–Trinajstić information content (AvgIpc) is 2.49. The Hall–Kier alpha value is -1.24. The number of carbonyl (C=O) groups is 2. The molecule has 0 aromatic heterocycles. The van der Waals surface area contributed by atoms with Gasteiger partial charge in [0.05, 0.1) is 12.7 Å². The number of rotatable bonds is 10. The number of benzene rings is 1. The summed E-state index contributed by atoms with van der Waals surface area (Å²) in [6, 6.07) is 4.49. The van der Waals surface area contributed by atoms with Gasteiger partial charge in [-0.25, -0.2) is 0 Å². The standard InChI is InChI=1S/C16H23NO5.Na/c1-22-12-8-9-14(18)13(11-12)16(21)17-10-6-4-2-3-5-7-15(19)20;/h8-9,11,18H,2-7,10H2,1H3,(H,17,21)(H,19,20);/q;+1/p-1. The molecule has 0 bridgehead atoms. The van der Waals surface area contributed by atoms with Crippen molar-refractivity contribution >= 4 is 11.9 Å². The maximum absolute atomic E-state index is 11.9. The van der Waals surface area contributed by atoms with E-state index >= 15 is 0 Å². The first-order chi connectivity index (χ1) is 10.5. The number of hydrogen-bond donors (Lipinski definition) is 2. The van der Waals surface area contributed by atoms with Crippen molar-refractivity contribution in [1.29, 1.82) is 0 Å². The molecule has 1 rings (SSSR count). The molecular formula is C16H22NNaO5. The summed E-state index contributed by atoms with van der Waals surface area (Å²) in [5, 5.41) is 22.6. The molecule has 0 radical (unpaired) electrons. The zero-order valence-electron chi connectivity index (χ0n) is 13.8. The van der Waals surface area contributed by atoms with Crippen LogP contribution >= 0.6 is 0 Å². The zero-order chi connectivity index (χ0) is 16.4. The second-order valence-corrected chi connectivity index (χ2v) is 5.03. The predicted octanol–water partition coefficient (Wildman–Crippen LogP) is -1.77. The third-order valence-electron chi connectivity index (χ3n) is 3.29. The summed E-state index contributed by atoms with van der Waals surface area (Å²) in [5.41, 5.74) is 0.188. The smallest absolute Gasteiger partial charge is 0.550 e. The fourth-order valence-corrected chi connectivity index (χ4v) is 2.05. The van der Waals surface area contributed by atoms with Crippen LogP contribution in [0.5, 0.6) is 11.5 Å². The van der Waals surface area contributed by atoms with Crippen molar-refractivity contribution in [2.75, 3.05) is 13.7 Å². The molecular weight excluding hydrogens is 309 g/mol. The van der Waals surface area contributed by atoms with Crippen LogP contribution in [0, 0.1) is 0 Å². The molecule has 0 saturated carbocycles. The van der Waals surface area contributed by atoms with Gasteiger partial charge in [-0.3, -0.25) is 4.79 Å². The Morgan fingerprint density at radius 2 is 1.83 bits per heavy atom. The van der Waals surface area contributed by atoms with Gasteiger partial charge >= 0.3 is 29.6 Å². The van der Waals surface area contributed by atoms with Gasteiger partial charge in [0.25, 0.3) is 5.91 Å². The number of carbonyl (C=O) groups excluding carboxylic acids is 2. The Labute approximate surface area is 158 Å². The molecule has 1 aromatic rings. The second kappa shape index (κ2) is 12.2. The van der Waals surface area contributed by atoms with E-state index in [1.54, 1.807) is 6.07 Å². The number of aromatic hydroxyl groups is 1. The summed E-state index contributed by atoms with van der Waals surface area (Å²) in [6.07, 6.45) is 4.23. The Bertz CT molecular complexity index is 507. The van der Waals surface area contributed by atoms with Crippen LogP contribution in [0.15, 0.2) is 18.2 Å². The van der Waals surface area contributed by atoms with Gasteiger partial charge in [-0.1, -0.05) is 19.3 Å². The van der Waals surface area contributed by atoms with Crippen molar-refractivity contribution in [1.82, 2.24) is 5.32 Å². The van der Waals surface area contributed by atoms with Gasteiger partial charge in [-0.2, -0.15) is 0 Å². The van der Waals surface area contributed by atoms with Gasteiger partial charge < -0.3 is 25.1 Å². The molecule has 0 spiro atoms. The summed E-state index contributed by atoms with van der Waals surface area (Å²) in [4.78, 5) is 22.2. The molecule has 7 heteroatoms. The number of ether oxygens (including phenoxy) is 1. The summed E-state index contributed by atoms with van der Waals surface area (Å²) < 4.78 is 5.02. The van der Waals surface area contributed by atoms with Crippen molar-refractivity contribution in [2.45, 2.75) is 38.5 Å². The molecule has 1 amide bonds. The molecule has 122 valence electrons. The van der Waals surface area contributed by atoms with Crippen LogP contribution in [0.4, 0.5) is 0 Å². The first-order valence-electron chi connectivity index (χ1n) is 7.39. The van der Waals surface area contributed by atoms with E-state index in [0.29, 0.717) is 18.7 Å². The van der Waals surface area contributed by atoms with E-state index in [0.717, 1.165) is 25.7 Å². The molecule has 0 atom stereocenters. The number of methoxy groups -OCH3 is 1. The average molecular weight is 331 g/mol. The summed E-state index contributed by atoms with van der Waals surface area (Å²) >= 11 is 0. The topological polar surface area (TPSA) is 98.7 Å². The predicted molar refractivity (Wildman–Crippen MR) is 79.7 cm³/mol. The van der Waals surface area contributed by atoms with E-state index in [2.05, 4.69) is 5.32 Å². The maximum Gasteiger partial charge on any atom is 1.00 e. The zero-order valence-corrected chi connectivity index (χ0v) is 15.8. The Balaban J connectivity index is 0.00000484. The van der Waals surface area contributed by atoms with Gasteiger partial charge in [0, 0.05) is 12.5 Å². The van der Waals surface area contributed by atoms with Gasteiger partial charge in [0.1, 0.15) is 11.5 Å². The third kappa shape index (κ3) is 8.83. The molecule has 23 heavy (non-hydrogen) atoms. The van der Waals surface area contributed by atoms with Crippen LogP contribution in [-0.2, 0) is 4.79 Å². The minimum Gasteiger partial charge on any atom is -0.550 e. The van der Waals surface area contributed by atoms with E-state index < -0.39 is 5.97 Å². The van der Waals surface area contributed by atoms with Crippen molar-refractivity contribution in [2.24, 2.45) is 0 Å². The molecule has 0 fully saturated rings. The quantitative estimate of drug-likeness (QED) is 0.390. The van der Waals surface area contributed by atoms with Gasteiger partial charge in [-0.15, -0.1) is 0 Å². The fraction of sp³-hybridized carbons (Fsp3) is 0.500. The van der Waals surface area contributed by atoms with Gasteiger partial charge in [-0.05, 0) is 37.5 Å². The van der Waals surface area contributed by atoms with Gasteiger partial charge in [0.15, 0.2) is 0 Å². The monoisotopic (exact) mass is 331 g/mol. The number of phenolic OH excluding ortho intramolecular Hbond substituents is 1.